The molecule has 4 aliphatic carbocycles. The van der Waals surface area contributed by atoms with E-state index >= 15 is 0 Å². The highest BCUT2D eigenvalue weighted by Gasteiger charge is 2.63. The molecule has 4 fully saturated rings. The molecule has 408 valence electrons. The number of aliphatic hydroxyl groups is 1. The first-order valence-corrected chi connectivity index (χ1v) is 26.8. The zero-order chi connectivity index (χ0) is 52.4. The maximum absolute atomic E-state index is 12.6. The fourth-order valence-electron chi connectivity index (χ4n) is 12.3. The summed E-state index contributed by atoms with van der Waals surface area (Å²) in [5.74, 6) is 0.0498. The number of carbonyl (C=O) groups is 7. The van der Waals surface area contributed by atoms with Crippen molar-refractivity contribution in [2.45, 2.75) is 175 Å². The average Bonchev–Trinajstić information content (AvgIpc) is 3.70. The third-order valence-electron chi connectivity index (χ3n) is 16.1. The number of amides is 3. The Kier molecular flexibility index (Phi) is 28.3. The van der Waals surface area contributed by atoms with Crippen molar-refractivity contribution in [1.82, 2.24) is 16.0 Å². The summed E-state index contributed by atoms with van der Waals surface area (Å²) in [5.41, 5.74) is 0.317. The van der Waals surface area contributed by atoms with Crippen LogP contribution < -0.4 is 16.0 Å². The molecule has 0 aromatic rings. The van der Waals surface area contributed by atoms with Crippen LogP contribution in [0.5, 0.6) is 0 Å². The van der Waals surface area contributed by atoms with Gasteiger partial charge in [-0.2, -0.15) is 0 Å². The smallest absolute Gasteiger partial charge is 0.326 e. The molecule has 4 rings (SSSR count). The van der Waals surface area contributed by atoms with E-state index in [0.29, 0.717) is 127 Å². The van der Waals surface area contributed by atoms with E-state index in [-0.39, 0.29) is 85.5 Å². The maximum Gasteiger partial charge on any atom is 0.326 e. The van der Waals surface area contributed by atoms with Gasteiger partial charge in [0.1, 0.15) is 25.9 Å². The highest BCUT2D eigenvalue weighted by Crippen LogP contribution is 2.68. The predicted molar refractivity (Wildman–Crippen MR) is 265 cm³/mol. The summed E-state index contributed by atoms with van der Waals surface area (Å²) < 4.78 is 27.0. The fourth-order valence-corrected chi connectivity index (χ4v) is 12.3. The van der Waals surface area contributed by atoms with Gasteiger partial charge in [-0.15, -0.1) is 0 Å². The zero-order valence-corrected chi connectivity index (χ0v) is 43.9. The Balaban J connectivity index is 0.000000561. The van der Waals surface area contributed by atoms with Crippen LogP contribution in [0, 0.1) is 46.3 Å². The van der Waals surface area contributed by atoms with Gasteiger partial charge in [-0.25, -0.2) is 4.79 Å². The van der Waals surface area contributed by atoms with E-state index in [1.54, 1.807) is 13.8 Å². The number of aliphatic hydroxyl groups excluding tert-OH is 1. The first-order valence-electron chi connectivity index (χ1n) is 26.8. The number of rotatable bonds is 34. The van der Waals surface area contributed by atoms with Crippen molar-refractivity contribution in [1.29, 1.82) is 0 Å². The van der Waals surface area contributed by atoms with Gasteiger partial charge in [0.05, 0.1) is 32.0 Å². The second-order valence-corrected chi connectivity index (χ2v) is 20.8. The van der Waals surface area contributed by atoms with Crippen molar-refractivity contribution in [2.75, 3.05) is 72.6 Å². The molecule has 0 radical (unpaired) electrons. The van der Waals surface area contributed by atoms with Crippen LogP contribution in [-0.2, 0) is 57.2 Å². The first kappa shape index (κ1) is 61.7. The maximum atomic E-state index is 12.6. The number of unbranched alkanes of at least 4 members (excludes halogenated alkanes) is 1. The minimum absolute atomic E-state index is 0.00992. The highest BCUT2D eigenvalue weighted by atomic mass is 16.5. The van der Waals surface area contributed by atoms with Crippen molar-refractivity contribution >= 4 is 41.2 Å². The molecule has 0 spiro atoms. The Labute approximate surface area is 422 Å². The van der Waals surface area contributed by atoms with Crippen LogP contribution in [0.4, 0.5) is 0 Å². The van der Waals surface area contributed by atoms with Crippen LogP contribution in [0.25, 0.3) is 0 Å². The standard InChI is InChI=1S/C40H67NO10.C13H24N2O5/c1-5-48-19-6-7-29(42)25-50-22-21-49-20-18-41-36(45)12-9-30(43)26-51-31-14-16-39(3)28(23-31)24-35(44)38-33-11-10-32(27(2)8-13-37(46)47)40(33,4)17-15-34(38)39;1-3-11(16)14-8-6-5-7-10(13(18)19)15-12(17)9-20-4-2/h27-28,31-35,38,44H,5-26H2,1-4H3,(H,41,45)(H,46,47);10H,3-9H2,1-2H3,(H,14,16)(H,15,17)(H,18,19)/t27-,28+,31+,32-,33?,34+,35+,38+,39+,40-;10-/m10/s1. The molecule has 18 heteroatoms. The van der Waals surface area contributed by atoms with Gasteiger partial charge in [0.15, 0.2) is 11.6 Å². The topological polar surface area (TPSA) is 262 Å². The van der Waals surface area contributed by atoms with Gasteiger partial charge in [0.2, 0.25) is 17.7 Å². The Morgan fingerprint density at radius 3 is 2.03 bits per heavy atom. The zero-order valence-electron chi connectivity index (χ0n) is 43.9. The SMILES string of the molecule is CCOCC(=O)N[C@@H](CCCCNC(=O)CC)C(=O)O.CCOCCCC(=O)COCCOCCNC(=O)CCC(=O)CO[C@H]1CC[C@@]2(C)[C@@H](C1)C[C@H](O)[C@H]1C3CC[C@H]([C@H](C)CCC(=O)O)[C@@]3(C)CC[C@@H]12. The number of nitrogens with one attached hydrogen (secondary N) is 3. The second kappa shape index (κ2) is 32.6. The van der Waals surface area contributed by atoms with Gasteiger partial charge in [-0.05, 0) is 144 Å². The molecule has 11 atom stereocenters. The molecule has 1 unspecified atom stereocenters. The highest BCUT2D eigenvalue weighted by molar-refractivity contribution is 5.86. The summed E-state index contributed by atoms with van der Waals surface area (Å²) in [4.78, 5) is 81.2. The van der Waals surface area contributed by atoms with E-state index < -0.39 is 23.9 Å². The summed E-state index contributed by atoms with van der Waals surface area (Å²) in [6.45, 7) is 15.9. The number of hydrogen-bond acceptors (Lipinski definition) is 13. The molecule has 0 saturated heterocycles. The largest absolute Gasteiger partial charge is 0.481 e. The summed E-state index contributed by atoms with van der Waals surface area (Å²) in [6, 6.07) is -0.912. The molecule has 6 N–H and O–H groups in total. The average molecular weight is 1010 g/mol. The van der Waals surface area contributed by atoms with Crippen molar-refractivity contribution in [3.05, 3.63) is 0 Å². The van der Waals surface area contributed by atoms with Gasteiger partial charge in [-0.1, -0.05) is 27.7 Å². The lowest BCUT2D eigenvalue weighted by atomic mass is 9.43. The van der Waals surface area contributed by atoms with Crippen LogP contribution in [0.3, 0.4) is 0 Å². The Hall–Kier alpha value is -3.55. The van der Waals surface area contributed by atoms with Crippen LogP contribution in [-0.4, -0.2) is 147 Å². The van der Waals surface area contributed by atoms with Crippen LogP contribution in [0.15, 0.2) is 0 Å². The minimum atomic E-state index is -1.06. The van der Waals surface area contributed by atoms with Gasteiger partial charge in [-0.3, -0.25) is 28.8 Å². The van der Waals surface area contributed by atoms with Crippen LogP contribution in [0.2, 0.25) is 0 Å². The molecular weight excluding hydrogens is 919 g/mol. The minimum Gasteiger partial charge on any atom is -0.481 e. The number of ketones is 2. The van der Waals surface area contributed by atoms with Crippen molar-refractivity contribution in [3.63, 3.8) is 0 Å². The van der Waals surface area contributed by atoms with E-state index in [9.17, 15) is 43.8 Å². The number of fused-ring (bicyclic) bond motifs is 5. The van der Waals surface area contributed by atoms with E-state index in [1.807, 2.05) is 6.92 Å². The van der Waals surface area contributed by atoms with Crippen molar-refractivity contribution in [2.24, 2.45) is 46.3 Å². The number of Topliss-reactive ketones (excluding diaryl/α,β-unsaturated/α-hetero) is 2. The van der Waals surface area contributed by atoms with E-state index in [2.05, 4.69) is 36.7 Å². The molecule has 0 bridgehead atoms. The summed E-state index contributed by atoms with van der Waals surface area (Å²) >= 11 is 0. The molecule has 3 amide bonds. The molecule has 4 aliphatic rings. The quantitative estimate of drug-likeness (QED) is 0.0424. The molecule has 4 saturated carbocycles. The fraction of sp³-hybridized carbons (Fsp3) is 0.868. The molecule has 71 heavy (non-hydrogen) atoms. The predicted octanol–water partition coefficient (Wildman–Crippen LogP) is 5.68. The van der Waals surface area contributed by atoms with Gasteiger partial charge >= 0.3 is 11.9 Å². The number of ether oxygens (including phenoxy) is 5. The monoisotopic (exact) mass is 1010 g/mol. The molecule has 0 aliphatic heterocycles. The summed E-state index contributed by atoms with van der Waals surface area (Å²) in [6.07, 6.45) is 12.2. The van der Waals surface area contributed by atoms with Crippen LogP contribution >= 0.6 is 0 Å². The summed E-state index contributed by atoms with van der Waals surface area (Å²) in [7, 11) is 0. The van der Waals surface area contributed by atoms with Gasteiger partial charge in [0.25, 0.3) is 0 Å². The Bertz CT molecular complexity index is 1670. The van der Waals surface area contributed by atoms with Crippen molar-refractivity contribution in [3.8, 4) is 0 Å². The van der Waals surface area contributed by atoms with Crippen LogP contribution in [0.1, 0.15) is 157 Å². The lowest BCUT2D eigenvalue weighted by Crippen LogP contribution is -2.58. The van der Waals surface area contributed by atoms with Gasteiger partial charge < -0.3 is 55.0 Å². The van der Waals surface area contributed by atoms with E-state index in [4.69, 9.17) is 28.8 Å². The molecule has 0 aromatic carbocycles. The van der Waals surface area contributed by atoms with Crippen molar-refractivity contribution < 1.29 is 72.6 Å². The second-order valence-electron chi connectivity index (χ2n) is 20.8. The molecule has 0 aromatic heterocycles. The number of carboxylic acid groups (broad SMARTS) is 2. The van der Waals surface area contributed by atoms with E-state index in [0.717, 1.165) is 57.8 Å². The summed E-state index contributed by atoms with van der Waals surface area (Å²) in [5, 5.41) is 37.8. The number of carboxylic acids is 2. The number of aliphatic carboxylic acids is 2. The third-order valence-corrected chi connectivity index (χ3v) is 16.1. The van der Waals surface area contributed by atoms with Gasteiger partial charge in [0, 0.05) is 65.0 Å². The number of carbonyl (C=O) groups excluding carboxylic acids is 5. The lowest BCUT2D eigenvalue weighted by Gasteiger charge is -2.62. The molecule has 18 nitrogen and oxygen atoms in total. The molecule has 0 heterocycles. The normalized spacial score (nSPS) is 27.3. The lowest BCUT2D eigenvalue weighted by molar-refractivity contribution is -0.179. The first-order chi connectivity index (χ1) is 33.9. The Morgan fingerprint density at radius 2 is 1.32 bits per heavy atom. The number of hydrogen-bond donors (Lipinski definition) is 6. The molecular formula is C53H91N3O15. The van der Waals surface area contributed by atoms with E-state index in [1.165, 1.54) is 0 Å². The Morgan fingerprint density at radius 1 is 0.634 bits per heavy atom. The third kappa shape index (κ3) is 20.7.